The molecular formula is C13H16ClNO2. The highest BCUT2D eigenvalue weighted by Gasteiger charge is 2.37. The number of likely N-dealkylation sites (tertiary alicyclic amines) is 1. The molecule has 0 aromatic heterocycles. The van der Waals surface area contributed by atoms with Gasteiger partial charge in [0.25, 0.3) is 0 Å². The normalized spacial score (nSPS) is 25.1. The maximum atomic E-state index is 11.1. The Bertz CT molecular complexity index is 422. The first-order valence-electron chi connectivity index (χ1n) is 5.87. The zero-order valence-corrected chi connectivity index (χ0v) is 10.5. The van der Waals surface area contributed by atoms with Gasteiger partial charge < -0.3 is 5.11 Å². The van der Waals surface area contributed by atoms with Gasteiger partial charge in [-0.25, -0.2) is 0 Å². The fourth-order valence-corrected chi connectivity index (χ4v) is 2.84. The third kappa shape index (κ3) is 2.45. The Labute approximate surface area is 106 Å². The average Bonchev–Trinajstić information content (AvgIpc) is 2.72. The van der Waals surface area contributed by atoms with Gasteiger partial charge in [0, 0.05) is 11.1 Å². The molecule has 1 aliphatic heterocycles. The number of carboxylic acids is 1. The molecule has 1 aliphatic rings. The van der Waals surface area contributed by atoms with Crippen LogP contribution in [-0.2, 0) is 4.79 Å². The summed E-state index contributed by atoms with van der Waals surface area (Å²) in [7, 11) is 0. The van der Waals surface area contributed by atoms with E-state index in [2.05, 4.69) is 0 Å². The van der Waals surface area contributed by atoms with Gasteiger partial charge in [-0.2, -0.15) is 0 Å². The smallest absolute Gasteiger partial charge is 0.320 e. The van der Waals surface area contributed by atoms with Crippen LogP contribution in [0.25, 0.3) is 0 Å². The van der Waals surface area contributed by atoms with E-state index in [0.717, 1.165) is 18.5 Å². The molecule has 1 N–H and O–H groups in total. The monoisotopic (exact) mass is 253 g/mol. The third-order valence-corrected chi connectivity index (χ3v) is 3.63. The van der Waals surface area contributed by atoms with Crippen molar-refractivity contribution in [2.45, 2.75) is 31.8 Å². The molecule has 2 rings (SSSR count). The molecule has 0 saturated carbocycles. The molecule has 3 nitrogen and oxygen atoms in total. The standard InChI is InChI=1S/C13H16ClNO2/c1-2-15-11(6-7-12(15)13(16)17)9-4-3-5-10(14)8-9/h3-5,8,11-12H,2,6-7H2,1H3,(H,16,17)/t11?,12-/m1/s1. The van der Waals surface area contributed by atoms with Crippen molar-refractivity contribution in [3.63, 3.8) is 0 Å². The minimum absolute atomic E-state index is 0.180. The molecule has 1 saturated heterocycles. The van der Waals surface area contributed by atoms with E-state index < -0.39 is 5.97 Å². The summed E-state index contributed by atoms with van der Waals surface area (Å²) in [6, 6.07) is 7.52. The van der Waals surface area contributed by atoms with Crippen molar-refractivity contribution in [3.05, 3.63) is 34.9 Å². The number of nitrogens with zero attached hydrogens (tertiary/aromatic N) is 1. The van der Waals surface area contributed by atoms with Crippen molar-refractivity contribution in [3.8, 4) is 0 Å². The van der Waals surface area contributed by atoms with Gasteiger partial charge >= 0.3 is 5.97 Å². The van der Waals surface area contributed by atoms with Crippen molar-refractivity contribution in [2.24, 2.45) is 0 Å². The SMILES string of the molecule is CCN1C(c2cccc(Cl)c2)CC[C@@H]1C(=O)O. The number of likely N-dealkylation sites (N-methyl/N-ethyl adjacent to an activating group) is 1. The Morgan fingerprint density at radius 1 is 1.53 bits per heavy atom. The molecule has 2 atom stereocenters. The molecule has 0 radical (unpaired) electrons. The minimum Gasteiger partial charge on any atom is -0.480 e. The number of halogens is 1. The van der Waals surface area contributed by atoms with Gasteiger partial charge in [0.15, 0.2) is 0 Å². The fraction of sp³-hybridized carbons (Fsp3) is 0.462. The van der Waals surface area contributed by atoms with E-state index >= 15 is 0 Å². The Balaban J connectivity index is 2.25. The maximum Gasteiger partial charge on any atom is 0.320 e. The Morgan fingerprint density at radius 3 is 2.88 bits per heavy atom. The molecule has 1 aromatic carbocycles. The fourth-order valence-electron chi connectivity index (χ4n) is 2.64. The van der Waals surface area contributed by atoms with E-state index in [1.807, 2.05) is 36.1 Å². The molecule has 92 valence electrons. The second-order valence-electron chi connectivity index (χ2n) is 4.33. The van der Waals surface area contributed by atoms with E-state index in [4.69, 9.17) is 16.7 Å². The molecule has 0 amide bonds. The van der Waals surface area contributed by atoms with Crippen LogP contribution < -0.4 is 0 Å². The predicted octanol–water partition coefficient (Wildman–Crippen LogP) is 2.95. The van der Waals surface area contributed by atoms with Gasteiger partial charge in [0.2, 0.25) is 0 Å². The molecule has 0 bridgehead atoms. The van der Waals surface area contributed by atoms with Gasteiger partial charge in [-0.05, 0) is 37.1 Å². The van der Waals surface area contributed by atoms with E-state index in [1.54, 1.807) is 0 Å². The lowest BCUT2D eigenvalue weighted by Crippen LogP contribution is -2.37. The molecule has 17 heavy (non-hydrogen) atoms. The van der Waals surface area contributed by atoms with Crippen molar-refractivity contribution in [1.82, 2.24) is 4.90 Å². The molecule has 1 heterocycles. The zero-order chi connectivity index (χ0) is 12.4. The van der Waals surface area contributed by atoms with E-state index in [-0.39, 0.29) is 12.1 Å². The Hall–Kier alpha value is -1.06. The van der Waals surface area contributed by atoms with E-state index in [0.29, 0.717) is 11.4 Å². The number of carboxylic acid groups (broad SMARTS) is 1. The van der Waals surface area contributed by atoms with Gasteiger partial charge in [0.05, 0.1) is 0 Å². The van der Waals surface area contributed by atoms with Crippen LogP contribution in [0.1, 0.15) is 31.4 Å². The van der Waals surface area contributed by atoms with Crippen LogP contribution >= 0.6 is 11.6 Å². The summed E-state index contributed by atoms with van der Waals surface area (Å²) in [6.07, 6.45) is 1.59. The molecule has 4 heteroatoms. The summed E-state index contributed by atoms with van der Waals surface area (Å²) < 4.78 is 0. The lowest BCUT2D eigenvalue weighted by atomic mass is 10.0. The first kappa shape index (κ1) is 12.4. The van der Waals surface area contributed by atoms with Crippen molar-refractivity contribution in [1.29, 1.82) is 0 Å². The van der Waals surface area contributed by atoms with Gasteiger partial charge in [-0.1, -0.05) is 30.7 Å². The molecule has 1 fully saturated rings. The van der Waals surface area contributed by atoms with E-state index in [1.165, 1.54) is 0 Å². The average molecular weight is 254 g/mol. The molecule has 0 aliphatic carbocycles. The third-order valence-electron chi connectivity index (χ3n) is 3.40. The summed E-state index contributed by atoms with van der Waals surface area (Å²) >= 11 is 5.98. The first-order chi connectivity index (χ1) is 8.13. The second kappa shape index (κ2) is 5.07. The summed E-state index contributed by atoms with van der Waals surface area (Å²) in [6.45, 7) is 2.74. The molecule has 1 unspecified atom stereocenters. The number of aliphatic carboxylic acids is 1. The number of benzene rings is 1. The number of hydrogen-bond acceptors (Lipinski definition) is 2. The summed E-state index contributed by atoms with van der Waals surface area (Å²) in [5.74, 6) is -0.726. The van der Waals surface area contributed by atoms with Crippen molar-refractivity contribution < 1.29 is 9.90 Å². The van der Waals surface area contributed by atoms with Crippen LogP contribution in [0.2, 0.25) is 5.02 Å². The van der Waals surface area contributed by atoms with Crippen LogP contribution in [-0.4, -0.2) is 28.6 Å². The van der Waals surface area contributed by atoms with Crippen LogP contribution in [0.4, 0.5) is 0 Å². The van der Waals surface area contributed by atoms with Crippen LogP contribution in [0, 0.1) is 0 Å². The highest BCUT2D eigenvalue weighted by Crippen LogP contribution is 2.36. The van der Waals surface area contributed by atoms with Gasteiger partial charge in [0.1, 0.15) is 6.04 Å². The molecule has 1 aromatic rings. The topological polar surface area (TPSA) is 40.5 Å². The quantitative estimate of drug-likeness (QED) is 0.900. The Kier molecular flexibility index (Phi) is 3.69. The maximum absolute atomic E-state index is 11.1. The highest BCUT2D eigenvalue weighted by atomic mass is 35.5. The van der Waals surface area contributed by atoms with Crippen molar-refractivity contribution >= 4 is 17.6 Å². The first-order valence-corrected chi connectivity index (χ1v) is 6.25. The lowest BCUT2D eigenvalue weighted by molar-refractivity contribution is -0.142. The van der Waals surface area contributed by atoms with Gasteiger partial charge in [-0.3, -0.25) is 9.69 Å². The molecular weight excluding hydrogens is 238 g/mol. The van der Waals surface area contributed by atoms with E-state index in [9.17, 15) is 4.79 Å². The van der Waals surface area contributed by atoms with Crippen LogP contribution in [0.3, 0.4) is 0 Å². The predicted molar refractivity (Wildman–Crippen MR) is 67.2 cm³/mol. The van der Waals surface area contributed by atoms with Crippen molar-refractivity contribution in [2.75, 3.05) is 6.54 Å². The minimum atomic E-state index is -0.726. The Morgan fingerprint density at radius 2 is 2.29 bits per heavy atom. The second-order valence-corrected chi connectivity index (χ2v) is 4.77. The van der Waals surface area contributed by atoms with Crippen LogP contribution in [0.15, 0.2) is 24.3 Å². The zero-order valence-electron chi connectivity index (χ0n) is 9.77. The number of rotatable bonds is 3. The number of carbonyl (C=O) groups is 1. The summed E-state index contributed by atoms with van der Waals surface area (Å²) in [5, 5.41) is 9.87. The summed E-state index contributed by atoms with van der Waals surface area (Å²) in [5.41, 5.74) is 1.11. The van der Waals surface area contributed by atoms with Gasteiger partial charge in [-0.15, -0.1) is 0 Å². The van der Waals surface area contributed by atoms with Crippen LogP contribution in [0.5, 0.6) is 0 Å². The number of hydrogen-bond donors (Lipinski definition) is 1. The highest BCUT2D eigenvalue weighted by molar-refractivity contribution is 6.30. The lowest BCUT2D eigenvalue weighted by Gasteiger charge is -2.26. The largest absolute Gasteiger partial charge is 0.480 e. The summed E-state index contributed by atoms with van der Waals surface area (Å²) in [4.78, 5) is 13.2. The molecule has 0 spiro atoms.